The first-order chi connectivity index (χ1) is 12.9. The maximum Gasteiger partial charge on any atom is 0.415 e. The summed E-state index contributed by atoms with van der Waals surface area (Å²) >= 11 is 0. The van der Waals surface area contributed by atoms with Gasteiger partial charge in [0.25, 0.3) is 0 Å². The Balaban J connectivity index is 3.48. The third-order valence-electron chi connectivity index (χ3n) is 3.78. The van der Waals surface area contributed by atoms with Crippen LogP contribution in [-0.2, 0) is 9.53 Å². The van der Waals surface area contributed by atoms with Crippen molar-refractivity contribution in [2.75, 3.05) is 6.61 Å². The number of ether oxygens (including phenoxy) is 1. The van der Waals surface area contributed by atoms with E-state index in [-0.39, 0.29) is 23.3 Å². The van der Waals surface area contributed by atoms with Crippen molar-refractivity contribution in [2.45, 2.75) is 39.8 Å². The van der Waals surface area contributed by atoms with Crippen molar-refractivity contribution >= 4 is 11.5 Å². The van der Waals surface area contributed by atoms with E-state index in [1.54, 1.807) is 0 Å². The van der Waals surface area contributed by atoms with Crippen molar-refractivity contribution in [1.82, 2.24) is 0 Å². The summed E-state index contributed by atoms with van der Waals surface area (Å²) in [6.07, 6.45) is -5.68. The zero-order valence-electron chi connectivity index (χ0n) is 15.6. The van der Waals surface area contributed by atoms with Crippen LogP contribution >= 0.6 is 0 Å². The Hall–Kier alpha value is -2.51. The molecule has 0 aliphatic carbocycles. The molecule has 8 heteroatoms. The van der Waals surface area contributed by atoms with E-state index >= 15 is 0 Å². The first kappa shape index (κ1) is 23.5. The Morgan fingerprint density at radius 1 is 1.14 bits per heavy atom. The van der Waals surface area contributed by atoms with Crippen molar-refractivity contribution in [3.63, 3.8) is 0 Å². The molecule has 0 aromatic heterocycles. The van der Waals surface area contributed by atoms with E-state index in [2.05, 4.69) is 11.3 Å². The minimum Gasteiger partial charge on any atom is -0.466 e. The molecule has 0 atom stereocenters. The standard InChI is InChI=1S/C20H20F6O2/c1-5-28-17(27)7-6-16(22)19(23)15(10-13(4)20(24,25)26)18-11(2)8-14(21)9-12(18)3/h8-10H,4-7H2,1-3H3/b15-10-,19-16+. The molecule has 0 aliphatic heterocycles. The summed E-state index contributed by atoms with van der Waals surface area (Å²) in [7, 11) is 0. The van der Waals surface area contributed by atoms with Gasteiger partial charge in [-0.15, -0.1) is 0 Å². The van der Waals surface area contributed by atoms with Gasteiger partial charge in [-0.05, 0) is 55.7 Å². The molecule has 0 N–H and O–H groups in total. The molecule has 0 radical (unpaired) electrons. The van der Waals surface area contributed by atoms with Gasteiger partial charge < -0.3 is 4.74 Å². The third-order valence-corrected chi connectivity index (χ3v) is 3.78. The number of hydrogen-bond donors (Lipinski definition) is 0. The van der Waals surface area contributed by atoms with Crippen molar-refractivity contribution in [1.29, 1.82) is 0 Å². The lowest BCUT2D eigenvalue weighted by molar-refractivity contribution is -0.143. The SMILES string of the molecule is C=C(/C=C(\C(F)=C(/F)CCC(=O)OCC)c1c(C)cc(F)cc1C)C(F)(F)F. The highest BCUT2D eigenvalue weighted by molar-refractivity contribution is 5.83. The Labute approximate surface area is 159 Å². The van der Waals surface area contributed by atoms with Crippen LogP contribution in [-0.4, -0.2) is 18.8 Å². The highest BCUT2D eigenvalue weighted by Gasteiger charge is 2.32. The van der Waals surface area contributed by atoms with Gasteiger partial charge in [-0.25, -0.2) is 13.2 Å². The maximum atomic E-state index is 14.8. The summed E-state index contributed by atoms with van der Waals surface area (Å²) in [6.45, 7) is 7.16. The number of benzene rings is 1. The number of allylic oxidation sites excluding steroid dienone is 5. The fraction of sp³-hybridized carbons (Fsp3) is 0.350. The van der Waals surface area contributed by atoms with Gasteiger partial charge in [-0.2, -0.15) is 13.2 Å². The molecule has 0 saturated carbocycles. The molecule has 0 heterocycles. The highest BCUT2D eigenvalue weighted by Crippen LogP contribution is 2.37. The number of hydrogen-bond acceptors (Lipinski definition) is 2. The molecule has 0 fully saturated rings. The van der Waals surface area contributed by atoms with Crippen LogP contribution in [0, 0.1) is 19.7 Å². The number of carbonyl (C=O) groups excluding carboxylic acids is 1. The quantitative estimate of drug-likeness (QED) is 0.296. The zero-order valence-corrected chi connectivity index (χ0v) is 15.6. The lowest BCUT2D eigenvalue weighted by atomic mass is 9.92. The smallest absolute Gasteiger partial charge is 0.415 e. The molecule has 1 aromatic carbocycles. The molecular weight excluding hydrogens is 386 g/mol. The van der Waals surface area contributed by atoms with Crippen molar-refractivity contribution in [3.05, 3.63) is 64.5 Å². The van der Waals surface area contributed by atoms with Crippen molar-refractivity contribution < 1.29 is 35.9 Å². The van der Waals surface area contributed by atoms with Crippen LogP contribution in [0.4, 0.5) is 26.3 Å². The second-order valence-electron chi connectivity index (χ2n) is 6.02. The van der Waals surface area contributed by atoms with Crippen LogP contribution in [0.2, 0.25) is 0 Å². The summed E-state index contributed by atoms with van der Waals surface area (Å²) < 4.78 is 85.9. The van der Waals surface area contributed by atoms with Gasteiger partial charge in [0.1, 0.15) is 11.6 Å². The molecule has 28 heavy (non-hydrogen) atoms. The van der Waals surface area contributed by atoms with Gasteiger partial charge in [0.05, 0.1) is 13.0 Å². The number of aryl methyl sites for hydroxylation is 2. The second kappa shape index (κ2) is 9.61. The van der Waals surface area contributed by atoms with Crippen LogP contribution in [0.1, 0.15) is 36.5 Å². The molecule has 0 amide bonds. The van der Waals surface area contributed by atoms with Crippen LogP contribution in [0.5, 0.6) is 0 Å². The van der Waals surface area contributed by atoms with E-state index in [4.69, 9.17) is 0 Å². The molecule has 2 nitrogen and oxygen atoms in total. The van der Waals surface area contributed by atoms with Crippen LogP contribution in [0.25, 0.3) is 5.57 Å². The van der Waals surface area contributed by atoms with Gasteiger partial charge in [-0.3, -0.25) is 4.79 Å². The normalized spacial score (nSPS) is 13.2. The summed E-state index contributed by atoms with van der Waals surface area (Å²) in [6, 6.07) is 1.99. The number of rotatable bonds is 7. The topological polar surface area (TPSA) is 26.3 Å². The molecule has 154 valence electrons. The zero-order chi connectivity index (χ0) is 21.6. The second-order valence-corrected chi connectivity index (χ2v) is 6.02. The Kier molecular flexibility index (Phi) is 8.08. The van der Waals surface area contributed by atoms with Gasteiger partial charge >= 0.3 is 12.1 Å². The van der Waals surface area contributed by atoms with Crippen LogP contribution < -0.4 is 0 Å². The van der Waals surface area contributed by atoms with E-state index in [9.17, 15) is 31.1 Å². The lowest BCUT2D eigenvalue weighted by Crippen LogP contribution is -2.10. The minimum absolute atomic E-state index is 0.0528. The maximum absolute atomic E-state index is 14.8. The molecule has 0 bridgehead atoms. The van der Waals surface area contributed by atoms with Gasteiger partial charge in [0, 0.05) is 17.6 Å². The van der Waals surface area contributed by atoms with Crippen LogP contribution in [0.15, 0.2) is 42.0 Å². The van der Waals surface area contributed by atoms with Gasteiger partial charge in [0.2, 0.25) is 0 Å². The first-order valence-electron chi connectivity index (χ1n) is 8.33. The number of halogens is 6. The Morgan fingerprint density at radius 3 is 2.14 bits per heavy atom. The highest BCUT2D eigenvalue weighted by atomic mass is 19.4. The molecule has 0 unspecified atom stereocenters. The summed E-state index contributed by atoms with van der Waals surface area (Å²) in [5.74, 6) is -4.44. The molecule has 0 spiro atoms. The van der Waals surface area contributed by atoms with Crippen molar-refractivity contribution in [2.24, 2.45) is 0 Å². The lowest BCUT2D eigenvalue weighted by Gasteiger charge is -2.16. The third kappa shape index (κ3) is 6.28. The number of alkyl halides is 3. The summed E-state index contributed by atoms with van der Waals surface area (Å²) in [4.78, 5) is 11.3. The molecule has 0 aliphatic rings. The molecule has 1 rings (SSSR count). The average Bonchev–Trinajstić information content (AvgIpc) is 2.56. The molecule has 1 aromatic rings. The van der Waals surface area contributed by atoms with Crippen LogP contribution in [0.3, 0.4) is 0 Å². The van der Waals surface area contributed by atoms with E-state index < -0.39 is 53.6 Å². The first-order valence-corrected chi connectivity index (χ1v) is 8.33. The predicted molar refractivity (Wildman–Crippen MR) is 94.2 cm³/mol. The minimum atomic E-state index is -4.87. The average molecular weight is 406 g/mol. The van der Waals surface area contributed by atoms with E-state index in [1.807, 2.05) is 0 Å². The number of carbonyl (C=O) groups is 1. The van der Waals surface area contributed by atoms with E-state index in [0.717, 1.165) is 12.1 Å². The van der Waals surface area contributed by atoms with E-state index in [1.165, 1.54) is 20.8 Å². The number of esters is 1. The largest absolute Gasteiger partial charge is 0.466 e. The van der Waals surface area contributed by atoms with Gasteiger partial charge in [-0.1, -0.05) is 6.58 Å². The molecule has 0 saturated heterocycles. The monoisotopic (exact) mass is 406 g/mol. The Bertz CT molecular complexity index is 795. The van der Waals surface area contributed by atoms with Gasteiger partial charge in [0.15, 0.2) is 5.83 Å². The Morgan fingerprint density at radius 2 is 1.68 bits per heavy atom. The fourth-order valence-electron chi connectivity index (χ4n) is 2.54. The fourth-order valence-corrected chi connectivity index (χ4v) is 2.54. The van der Waals surface area contributed by atoms with E-state index in [0.29, 0.717) is 6.08 Å². The van der Waals surface area contributed by atoms with Crippen molar-refractivity contribution in [3.8, 4) is 0 Å². The summed E-state index contributed by atoms with van der Waals surface area (Å²) in [5, 5.41) is 0. The molecular formula is C20H20F6O2. The predicted octanol–water partition coefficient (Wildman–Crippen LogP) is 6.44. The summed E-state index contributed by atoms with van der Waals surface area (Å²) in [5.41, 5.74) is -1.98.